The number of nitrogens with zero attached hydrogens (tertiary/aromatic N) is 1. The second-order valence-electron chi connectivity index (χ2n) is 6.54. The highest BCUT2D eigenvalue weighted by molar-refractivity contribution is 4.87. The molecule has 0 aliphatic carbocycles. The van der Waals surface area contributed by atoms with E-state index >= 15 is 0 Å². The van der Waals surface area contributed by atoms with Crippen molar-refractivity contribution < 1.29 is 0 Å². The van der Waals surface area contributed by atoms with Crippen molar-refractivity contribution >= 4 is 0 Å². The van der Waals surface area contributed by atoms with Gasteiger partial charge in [-0.1, -0.05) is 32.6 Å². The fraction of sp³-hybridized carbons (Fsp3) is 1.00. The minimum absolute atomic E-state index is 0.638. The SMILES string of the molecule is CCCC1(CN2CCCCCCC2)CCNCC1. The predicted octanol–water partition coefficient (Wildman–Crippen LogP) is 3.42. The maximum Gasteiger partial charge on any atom is 0.00389 e. The molecule has 0 amide bonds. The lowest BCUT2D eigenvalue weighted by molar-refractivity contribution is 0.0950. The van der Waals surface area contributed by atoms with Crippen LogP contribution in [0.5, 0.6) is 0 Å². The highest BCUT2D eigenvalue weighted by Gasteiger charge is 2.32. The average Bonchev–Trinajstić information content (AvgIpc) is 2.34. The summed E-state index contributed by atoms with van der Waals surface area (Å²) in [5.74, 6) is 0. The summed E-state index contributed by atoms with van der Waals surface area (Å²) in [6.07, 6.45) is 12.8. The van der Waals surface area contributed by atoms with E-state index in [9.17, 15) is 0 Å². The summed E-state index contributed by atoms with van der Waals surface area (Å²) < 4.78 is 0. The molecule has 2 rings (SSSR count). The van der Waals surface area contributed by atoms with Crippen LogP contribution in [0.3, 0.4) is 0 Å². The highest BCUT2D eigenvalue weighted by Crippen LogP contribution is 2.35. The Hall–Kier alpha value is -0.0800. The molecule has 0 aromatic carbocycles. The molecular weight excluding hydrogens is 220 g/mol. The second kappa shape index (κ2) is 7.49. The maximum absolute atomic E-state index is 3.54. The Labute approximate surface area is 114 Å². The standard InChI is InChI=1S/C16H32N2/c1-2-8-16(9-11-17-12-10-16)15-18-13-6-4-3-5-7-14-18/h17H,2-15H2,1H3. The van der Waals surface area contributed by atoms with Crippen LogP contribution in [0.2, 0.25) is 0 Å². The van der Waals surface area contributed by atoms with E-state index in [4.69, 9.17) is 0 Å². The molecule has 0 aromatic rings. The molecule has 2 aliphatic heterocycles. The molecule has 2 heteroatoms. The van der Waals surface area contributed by atoms with Crippen LogP contribution >= 0.6 is 0 Å². The van der Waals surface area contributed by atoms with Gasteiger partial charge in [0, 0.05) is 6.54 Å². The van der Waals surface area contributed by atoms with Gasteiger partial charge in [-0.05, 0) is 63.7 Å². The highest BCUT2D eigenvalue weighted by atomic mass is 15.1. The van der Waals surface area contributed by atoms with Crippen LogP contribution in [0.1, 0.15) is 64.7 Å². The number of likely N-dealkylation sites (tertiary alicyclic amines) is 1. The van der Waals surface area contributed by atoms with Gasteiger partial charge in [0.05, 0.1) is 0 Å². The normalized spacial score (nSPS) is 26.5. The first-order valence-electron chi connectivity index (χ1n) is 8.28. The van der Waals surface area contributed by atoms with E-state index in [0.717, 1.165) is 0 Å². The Morgan fingerprint density at radius 1 is 0.944 bits per heavy atom. The van der Waals surface area contributed by atoms with Gasteiger partial charge >= 0.3 is 0 Å². The Morgan fingerprint density at radius 3 is 2.17 bits per heavy atom. The number of piperidine rings is 1. The fourth-order valence-electron chi connectivity index (χ4n) is 3.92. The first-order chi connectivity index (χ1) is 8.85. The van der Waals surface area contributed by atoms with Crippen molar-refractivity contribution in [2.45, 2.75) is 64.7 Å². The minimum Gasteiger partial charge on any atom is -0.317 e. The zero-order valence-electron chi connectivity index (χ0n) is 12.3. The lowest BCUT2D eigenvalue weighted by atomic mass is 9.75. The Balaban J connectivity index is 1.89. The Morgan fingerprint density at radius 2 is 1.56 bits per heavy atom. The van der Waals surface area contributed by atoms with Crippen molar-refractivity contribution in [1.82, 2.24) is 10.2 Å². The average molecular weight is 252 g/mol. The number of nitrogens with one attached hydrogen (secondary N) is 1. The summed E-state index contributed by atoms with van der Waals surface area (Å²) in [7, 11) is 0. The first-order valence-corrected chi connectivity index (χ1v) is 8.28. The van der Waals surface area contributed by atoms with E-state index in [1.807, 2.05) is 0 Å². The van der Waals surface area contributed by atoms with Gasteiger partial charge in [0.15, 0.2) is 0 Å². The van der Waals surface area contributed by atoms with Gasteiger partial charge in [0.2, 0.25) is 0 Å². The molecule has 0 radical (unpaired) electrons. The molecule has 2 nitrogen and oxygen atoms in total. The van der Waals surface area contributed by atoms with E-state index in [1.54, 1.807) is 0 Å². The summed E-state index contributed by atoms with van der Waals surface area (Å²) >= 11 is 0. The van der Waals surface area contributed by atoms with Gasteiger partial charge < -0.3 is 10.2 Å². The van der Waals surface area contributed by atoms with E-state index in [1.165, 1.54) is 90.5 Å². The first kappa shape index (κ1) is 14.3. The van der Waals surface area contributed by atoms with Crippen molar-refractivity contribution in [3.05, 3.63) is 0 Å². The zero-order valence-corrected chi connectivity index (χ0v) is 12.3. The molecule has 0 unspecified atom stereocenters. The zero-order chi connectivity index (χ0) is 12.7. The Bertz CT molecular complexity index is 208. The van der Waals surface area contributed by atoms with Crippen molar-refractivity contribution in [1.29, 1.82) is 0 Å². The lowest BCUT2D eigenvalue weighted by Crippen LogP contribution is -2.45. The quantitative estimate of drug-likeness (QED) is 0.825. The molecule has 0 saturated carbocycles. The minimum atomic E-state index is 0.638. The third kappa shape index (κ3) is 4.24. The topological polar surface area (TPSA) is 15.3 Å². The molecule has 18 heavy (non-hydrogen) atoms. The lowest BCUT2D eigenvalue weighted by Gasteiger charge is -2.42. The van der Waals surface area contributed by atoms with Gasteiger partial charge in [-0.25, -0.2) is 0 Å². The summed E-state index contributed by atoms with van der Waals surface area (Å²) in [6.45, 7) is 8.94. The predicted molar refractivity (Wildman–Crippen MR) is 79.0 cm³/mol. The molecule has 2 fully saturated rings. The molecule has 0 bridgehead atoms. The van der Waals surface area contributed by atoms with Crippen LogP contribution in [-0.2, 0) is 0 Å². The van der Waals surface area contributed by atoms with Crippen LogP contribution in [0.4, 0.5) is 0 Å². The van der Waals surface area contributed by atoms with Crippen molar-refractivity contribution in [2.75, 3.05) is 32.7 Å². The van der Waals surface area contributed by atoms with Crippen LogP contribution in [0.25, 0.3) is 0 Å². The second-order valence-corrected chi connectivity index (χ2v) is 6.54. The number of rotatable bonds is 4. The summed E-state index contributed by atoms with van der Waals surface area (Å²) in [5.41, 5.74) is 0.638. The fourth-order valence-corrected chi connectivity index (χ4v) is 3.92. The molecule has 1 N–H and O–H groups in total. The summed E-state index contributed by atoms with van der Waals surface area (Å²) in [4.78, 5) is 2.79. The molecule has 0 spiro atoms. The molecular formula is C16H32N2. The summed E-state index contributed by atoms with van der Waals surface area (Å²) in [5, 5.41) is 3.54. The molecule has 0 atom stereocenters. The molecule has 106 valence electrons. The molecule has 2 heterocycles. The largest absolute Gasteiger partial charge is 0.317 e. The van der Waals surface area contributed by atoms with E-state index in [2.05, 4.69) is 17.1 Å². The molecule has 2 aliphatic rings. The van der Waals surface area contributed by atoms with Gasteiger partial charge in [0.1, 0.15) is 0 Å². The number of hydrogen-bond acceptors (Lipinski definition) is 2. The van der Waals surface area contributed by atoms with Gasteiger partial charge in [-0.15, -0.1) is 0 Å². The van der Waals surface area contributed by atoms with E-state index in [-0.39, 0.29) is 0 Å². The smallest absolute Gasteiger partial charge is 0.00389 e. The van der Waals surface area contributed by atoms with Crippen molar-refractivity contribution in [3.63, 3.8) is 0 Å². The van der Waals surface area contributed by atoms with Crippen LogP contribution in [0, 0.1) is 5.41 Å². The van der Waals surface area contributed by atoms with Crippen molar-refractivity contribution in [2.24, 2.45) is 5.41 Å². The van der Waals surface area contributed by atoms with Gasteiger partial charge in [0.25, 0.3) is 0 Å². The summed E-state index contributed by atoms with van der Waals surface area (Å²) in [6, 6.07) is 0. The van der Waals surface area contributed by atoms with E-state index in [0.29, 0.717) is 5.41 Å². The van der Waals surface area contributed by atoms with Crippen LogP contribution < -0.4 is 5.32 Å². The number of hydrogen-bond donors (Lipinski definition) is 1. The van der Waals surface area contributed by atoms with Gasteiger partial charge in [-0.3, -0.25) is 0 Å². The van der Waals surface area contributed by atoms with Crippen LogP contribution in [0.15, 0.2) is 0 Å². The third-order valence-electron chi connectivity index (χ3n) is 4.95. The monoisotopic (exact) mass is 252 g/mol. The van der Waals surface area contributed by atoms with Gasteiger partial charge in [-0.2, -0.15) is 0 Å². The third-order valence-corrected chi connectivity index (χ3v) is 4.95. The Kier molecular flexibility index (Phi) is 5.97. The molecule has 0 aromatic heterocycles. The van der Waals surface area contributed by atoms with Crippen molar-refractivity contribution in [3.8, 4) is 0 Å². The van der Waals surface area contributed by atoms with Crippen LogP contribution in [-0.4, -0.2) is 37.6 Å². The maximum atomic E-state index is 3.54. The van der Waals surface area contributed by atoms with E-state index < -0.39 is 0 Å². The molecule has 2 saturated heterocycles.